The monoisotopic (exact) mass is 324 g/mol. The second-order valence-corrected chi connectivity index (χ2v) is 6.81. The van der Waals surface area contributed by atoms with Gasteiger partial charge in [0.2, 0.25) is 5.91 Å². The zero-order valence-corrected chi connectivity index (χ0v) is 13.8. The van der Waals surface area contributed by atoms with Crippen LogP contribution in [0.25, 0.3) is 0 Å². The molecule has 3 saturated heterocycles. The van der Waals surface area contributed by atoms with Crippen LogP contribution in [0.4, 0.5) is 4.79 Å². The van der Waals surface area contributed by atoms with E-state index in [0.717, 1.165) is 25.9 Å². The molecule has 3 amide bonds. The van der Waals surface area contributed by atoms with Crippen LogP contribution in [0.1, 0.15) is 32.1 Å². The van der Waals surface area contributed by atoms with Crippen LogP contribution in [0.2, 0.25) is 0 Å². The first-order valence-electron chi connectivity index (χ1n) is 8.80. The number of amides is 3. The summed E-state index contributed by atoms with van der Waals surface area (Å²) in [7, 11) is 0. The maximum absolute atomic E-state index is 12.6. The van der Waals surface area contributed by atoms with Gasteiger partial charge in [-0.3, -0.25) is 9.69 Å². The summed E-state index contributed by atoms with van der Waals surface area (Å²) < 4.78 is 5.30. The quantitative estimate of drug-likeness (QED) is 0.789. The van der Waals surface area contributed by atoms with Gasteiger partial charge >= 0.3 is 6.03 Å². The Kier molecular flexibility index (Phi) is 5.06. The van der Waals surface area contributed by atoms with E-state index in [0.29, 0.717) is 52.2 Å². The highest BCUT2D eigenvalue weighted by atomic mass is 16.5. The number of piperidine rings is 2. The Labute approximate surface area is 137 Å². The molecule has 0 radical (unpaired) electrons. The molecule has 3 fully saturated rings. The van der Waals surface area contributed by atoms with Crippen LogP contribution in [-0.4, -0.2) is 84.7 Å². The number of primary amides is 1. The predicted molar refractivity (Wildman–Crippen MR) is 85.9 cm³/mol. The highest BCUT2D eigenvalue weighted by Gasteiger charge is 2.46. The number of urea groups is 1. The lowest BCUT2D eigenvalue weighted by Crippen LogP contribution is -2.64. The van der Waals surface area contributed by atoms with E-state index < -0.39 is 5.54 Å². The van der Waals surface area contributed by atoms with E-state index in [1.54, 1.807) is 0 Å². The summed E-state index contributed by atoms with van der Waals surface area (Å²) in [6, 6.07) is 0.0741. The molecule has 3 aliphatic rings. The van der Waals surface area contributed by atoms with Crippen molar-refractivity contribution in [3.63, 3.8) is 0 Å². The van der Waals surface area contributed by atoms with E-state index in [1.165, 1.54) is 6.42 Å². The summed E-state index contributed by atoms with van der Waals surface area (Å²) in [5.41, 5.74) is 5.23. The number of likely N-dealkylation sites (tertiary alicyclic amines) is 2. The van der Waals surface area contributed by atoms with Crippen molar-refractivity contribution in [1.82, 2.24) is 14.7 Å². The number of nitrogens with two attached hydrogens (primary N) is 1. The normalized spacial score (nSPS) is 26.1. The number of rotatable bonds is 2. The van der Waals surface area contributed by atoms with Crippen LogP contribution in [0.15, 0.2) is 0 Å². The fourth-order valence-electron chi connectivity index (χ4n) is 4.06. The third-order valence-electron chi connectivity index (χ3n) is 5.56. The molecule has 0 atom stereocenters. The minimum Gasteiger partial charge on any atom is -0.378 e. The molecule has 0 bridgehead atoms. The van der Waals surface area contributed by atoms with E-state index in [2.05, 4.69) is 4.90 Å². The second kappa shape index (κ2) is 7.05. The van der Waals surface area contributed by atoms with Gasteiger partial charge in [0.15, 0.2) is 0 Å². The number of carbonyl (C=O) groups excluding carboxylic acids is 2. The van der Waals surface area contributed by atoms with Crippen molar-refractivity contribution < 1.29 is 14.3 Å². The van der Waals surface area contributed by atoms with Gasteiger partial charge in [0.05, 0.1) is 13.2 Å². The van der Waals surface area contributed by atoms with Gasteiger partial charge in [-0.2, -0.15) is 0 Å². The van der Waals surface area contributed by atoms with Crippen molar-refractivity contribution in [3.05, 3.63) is 0 Å². The average Bonchev–Trinajstić information content (AvgIpc) is 2.62. The van der Waals surface area contributed by atoms with Gasteiger partial charge in [-0.15, -0.1) is 0 Å². The van der Waals surface area contributed by atoms with Gasteiger partial charge in [-0.25, -0.2) is 4.79 Å². The lowest BCUT2D eigenvalue weighted by molar-refractivity contribution is -0.134. The van der Waals surface area contributed by atoms with Crippen LogP contribution < -0.4 is 5.73 Å². The van der Waals surface area contributed by atoms with Crippen molar-refractivity contribution >= 4 is 11.9 Å². The molecule has 0 aliphatic carbocycles. The first kappa shape index (κ1) is 16.5. The molecule has 3 aliphatic heterocycles. The standard InChI is InChI=1S/C16H28N4O3/c17-14(21)16(20-6-2-1-3-7-20)4-8-18(9-5-16)15(22)19-10-12-23-13-11-19/h1-13H2,(H2,17,21). The van der Waals surface area contributed by atoms with E-state index in [9.17, 15) is 9.59 Å². The van der Waals surface area contributed by atoms with Crippen LogP contribution >= 0.6 is 0 Å². The molecule has 23 heavy (non-hydrogen) atoms. The first-order valence-corrected chi connectivity index (χ1v) is 8.80. The minimum atomic E-state index is -0.553. The van der Waals surface area contributed by atoms with Crippen molar-refractivity contribution in [1.29, 1.82) is 0 Å². The third-order valence-corrected chi connectivity index (χ3v) is 5.56. The smallest absolute Gasteiger partial charge is 0.320 e. The van der Waals surface area contributed by atoms with Crippen molar-refractivity contribution in [2.75, 3.05) is 52.5 Å². The molecular formula is C16H28N4O3. The lowest BCUT2D eigenvalue weighted by atomic mass is 9.83. The van der Waals surface area contributed by atoms with Crippen LogP contribution in [0, 0.1) is 0 Å². The van der Waals surface area contributed by atoms with Gasteiger partial charge in [0.1, 0.15) is 5.54 Å². The molecule has 130 valence electrons. The SMILES string of the molecule is NC(=O)C1(N2CCCCC2)CCN(C(=O)N2CCOCC2)CC1. The average molecular weight is 324 g/mol. The highest BCUT2D eigenvalue weighted by Crippen LogP contribution is 2.31. The Morgan fingerprint density at radius 3 is 1.96 bits per heavy atom. The topological polar surface area (TPSA) is 79.1 Å². The summed E-state index contributed by atoms with van der Waals surface area (Å²) >= 11 is 0. The molecule has 2 N–H and O–H groups in total. The molecule has 0 aromatic heterocycles. The Balaban J connectivity index is 1.62. The largest absolute Gasteiger partial charge is 0.378 e. The summed E-state index contributed by atoms with van der Waals surface area (Å²) in [5.74, 6) is -0.224. The number of hydrogen-bond acceptors (Lipinski definition) is 4. The molecule has 0 aromatic rings. The molecule has 3 heterocycles. The van der Waals surface area contributed by atoms with E-state index in [-0.39, 0.29) is 11.9 Å². The van der Waals surface area contributed by atoms with Crippen LogP contribution in [0.3, 0.4) is 0 Å². The first-order chi connectivity index (χ1) is 11.1. The van der Waals surface area contributed by atoms with Gasteiger partial charge in [-0.05, 0) is 38.8 Å². The third kappa shape index (κ3) is 3.30. The molecule has 0 spiro atoms. The fraction of sp³-hybridized carbons (Fsp3) is 0.875. The summed E-state index contributed by atoms with van der Waals surface area (Å²) in [5, 5.41) is 0. The number of nitrogens with zero attached hydrogens (tertiary/aromatic N) is 3. The van der Waals surface area contributed by atoms with E-state index in [1.807, 2.05) is 9.80 Å². The number of ether oxygens (including phenoxy) is 1. The molecule has 0 aromatic carbocycles. The predicted octanol–water partition coefficient (Wildman–Crippen LogP) is 0.244. The molecule has 0 saturated carbocycles. The van der Waals surface area contributed by atoms with E-state index in [4.69, 9.17) is 10.5 Å². The highest BCUT2D eigenvalue weighted by molar-refractivity contribution is 5.85. The lowest BCUT2D eigenvalue weighted by Gasteiger charge is -2.48. The Morgan fingerprint density at radius 1 is 0.826 bits per heavy atom. The summed E-state index contributed by atoms with van der Waals surface area (Å²) in [4.78, 5) is 30.8. The maximum Gasteiger partial charge on any atom is 0.320 e. The Bertz CT molecular complexity index is 437. The van der Waals surface area contributed by atoms with Gasteiger partial charge in [-0.1, -0.05) is 6.42 Å². The van der Waals surface area contributed by atoms with Crippen molar-refractivity contribution in [2.24, 2.45) is 5.73 Å². The van der Waals surface area contributed by atoms with Gasteiger partial charge < -0.3 is 20.3 Å². The van der Waals surface area contributed by atoms with Gasteiger partial charge in [0, 0.05) is 26.2 Å². The number of hydrogen-bond donors (Lipinski definition) is 1. The Morgan fingerprint density at radius 2 is 1.39 bits per heavy atom. The van der Waals surface area contributed by atoms with E-state index >= 15 is 0 Å². The summed E-state index contributed by atoms with van der Waals surface area (Å²) in [6.45, 7) is 5.63. The number of morpholine rings is 1. The van der Waals surface area contributed by atoms with Crippen LogP contribution in [-0.2, 0) is 9.53 Å². The minimum absolute atomic E-state index is 0.0741. The summed E-state index contributed by atoms with van der Waals surface area (Å²) in [6.07, 6.45) is 4.79. The van der Waals surface area contributed by atoms with Crippen LogP contribution in [0.5, 0.6) is 0 Å². The number of carbonyl (C=O) groups is 2. The van der Waals surface area contributed by atoms with Crippen molar-refractivity contribution in [3.8, 4) is 0 Å². The zero-order chi connectivity index (χ0) is 16.3. The maximum atomic E-state index is 12.6. The Hall–Kier alpha value is -1.34. The second-order valence-electron chi connectivity index (χ2n) is 6.81. The fourth-order valence-corrected chi connectivity index (χ4v) is 4.06. The van der Waals surface area contributed by atoms with Gasteiger partial charge in [0.25, 0.3) is 0 Å². The molecule has 7 heteroatoms. The molecule has 0 unspecified atom stereocenters. The zero-order valence-electron chi connectivity index (χ0n) is 13.8. The molecular weight excluding hydrogens is 296 g/mol. The van der Waals surface area contributed by atoms with Crippen molar-refractivity contribution in [2.45, 2.75) is 37.6 Å². The molecule has 3 rings (SSSR count). The molecule has 7 nitrogen and oxygen atoms in total.